The second kappa shape index (κ2) is 8.32. The highest BCUT2D eigenvalue weighted by molar-refractivity contribution is 6.74. The summed E-state index contributed by atoms with van der Waals surface area (Å²) < 4.78 is 16.5. The highest BCUT2D eigenvalue weighted by Gasteiger charge is 2.41. The van der Waals surface area contributed by atoms with Crippen molar-refractivity contribution in [3.8, 4) is 0 Å². The van der Waals surface area contributed by atoms with Gasteiger partial charge in [0.1, 0.15) is 11.7 Å². The highest BCUT2D eigenvalue weighted by Crippen LogP contribution is 2.37. The van der Waals surface area contributed by atoms with Gasteiger partial charge in [-0.1, -0.05) is 20.8 Å². The van der Waals surface area contributed by atoms with Crippen LogP contribution in [0.2, 0.25) is 18.1 Å². The topological polar surface area (TPSA) is 85.3 Å². The molecule has 0 aromatic rings. The van der Waals surface area contributed by atoms with Crippen LogP contribution >= 0.6 is 0 Å². The van der Waals surface area contributed by atoms with Gasteiger partial charge in [-0.25, -0.2) is 9.59 Å². The van der Waals surface area contributed by atoms with Crippen LogP contribution in [0.4, 0.5) is 4.79 Å². The zero-order chi connectivity index (χ0) is 21.2. The number of ether oxygens (including phenoxy) is 2. The number of carbonyl (C=O) groups is 2. The Bertz CT molecular complexity index is 588. The summed E-state index contributed by atoms with van der Waals surface area (Å²) in [4.78, 5) is 26.0. The second-order valence-electron chi connectivity index (χ2n) is 9.40. The Morgan fingerprint density at radius 2 is 1.78 bits per heavy atom. The Morgan fingerprint density at radius 3 is 2.22 bits per heavy atom. The van der Waals surface area contributed by atoms with E-state index in [9.17, 15) is 14.7 Å². The summed E-state index contributed by atoms with van der Waals surface area (Å²) in [5, 5.41) is 10.3. The third-order valence-corrected chi connectivity index (χ3v) is 9.47. The largest absolute Gasteiger partial charge is 0.466 e. The fraction of sp³-hybridized carbons (Fsp3) is 0.789. The minimum atomic E-state index is -2.06. The van der Waals surface area contributed by atoms with Crippen LogP contribution in [0.1, 0.15) is 41.5 Å². The van der Waals surface area contributed by atoms with Gasteiger partial charge >= 0.3 is 12.1 Å². The quantitative estimate of drug-likeness (QED) is 0.575. The molecular weight excluding hydrogens is 366 g/mol. The molecule has 1 N–H and O–H groups in total. The molecule has 1 aliphatic rings. The molecule has 0 unspecified atom stereocenters. The number of aliphatic hydroxyl groups excluding tert-OH is 1. The predicted molar refractivity (Wildman–Crippen MR) is 106 cm³/mol. The zero-order valence-electron chi connectivity index (χ0n) is 18.1. The highest BCUT2D eigenvalue weighted by atomic mass is 28.4. The molecule has 8 heteroatoms. The summed E-state index contributed by atoms with van der Waals surface area (Å²) >= 11 is 0. The molecule has 1 heterocycles. The van der Waals surface area contributed by atoms with Gasteiger partial charge in [-0.3, -0.25) is 4.90 Å². The lowest BCUT2D eigenvalue weighted by Gasteiger charge is -2.41. The fourth-order valence-corrected chi connectivity index (χ4v) is 3.35. The van der Waals surface area contributed by atoms with Crippen LogP contribution in [0.5, 0.6) is 0 Å². The van der Waals surface area contributed by atoms with Crippen molar-refractivity contribution >= 4 is 20.4 Å². The van der Waals surface area contributed by atoms with E-state index in [-0.39, 0.29) is 23.8 Å². The maximum atomic E-state index is 12.6. The third kappa shape index (κ3) is 6.33. The maximum Gasteiger partial charge on any atom is 0.410 e. The fourth-order valence-electron chi connectivity index (χ4n) is 2.33. The summed E-state index contributed by atoms with van der Waals surface area (Å²) in [5.74, 6) is -0.608. The summed E-state index contributed by atoms with van der Waals surface area (Å²) in [5.41, 5.74) is -0.528. The Balaban J connectivity index is 3.12. The Morgan fingerprint density at radius 1 is 1.22 bits per heavy atom. The first-order chi connectivity index (χ1) is 12.1. The van der Waals surface area contributed by atoms with E-state index in [1.54, 1.807) is 26.8 Å². The monoisotopic (exact) mass is 401 g/mol. The van der Waals surface area contributed by atoms with E-state index in [4.69, 9.17) is 13.9 Å². The number of β-amino-alcohol motifs (C(OH)–C–C–N with tert-alkyl or cyclic N) is 1. The van der Waals surface area contributed by atoms with Crippen molar-refractivity contribution in [2.45, 2.75) is 77.4 Å². The molecule has 7 nitrogen and oxygen atoms in total. The second-order valence-corrected chi connectivity index (χ2v) is 14.2. The zero-order valence-corrected chi connectivity index (χ0v) is 19.1. The van der Waals surface area contributed by atoms with Crippen molar-refractivity contribution in [1.29, 1.82) is 0 Å². The van der Waals surface area contributed by atoms with Gasteiger partial charge in [-0.15, -0.1) is 0 Å². The number of hydrogen-bond acceptors (Lipinski definition) is 6. The first kappa shape index (κ1) is 23.7. The van der Waals surface area contributed by atoms with E-state index in [1.807, 2.05) is 0 Å². The lowest BCUT2D eigenvalue weighted by molar-refractivity contribution is -0.137. The molecule has 0 aromatic heterocycles. The SMILES string of the molecule is COC(=O)C1=C[C@@H](CO[Si](C)(C)C(C)(C)C)N(C(=O)OC(C)(C)C)C[C@H]1O. The molecule has 0 radical (unpaired) electrons. The van der Waals surface area contributed by atoms with Crippen molar-refractivity contribution in [3.63, 3.8) is 0 Å². The summed E-state index contributed by atoms with van der Waals surface area (Å²) in [6, 6.07) is -0.522. The first-order valence-corrected chi connectivity index (χ1v) is 12.1. The number of esters is 1. The average Bonchev–Trinajstić information content (AvgIpc) is 2.49. The number of hydrogen-bond donors (Lipinski definition) is 1. The first-order valence-electron chi connectivity index (χ1n) is 9.21. The smallest absolute Gasteiger partial charge is 0.410 e. The molecule has 1 aliphatic heterocycles. The van der Waals surface area contributed by atoms with Crippen molar-refractivity contribution < 1.29 is 28.6 Å². The van der Waals surface area contributed by atoms with Crippen LogP contribution in [-0.4, -0.2) is 68.4 Å². The van der Waals surface area contributed by atoms with Crippen LogP contribution in [0.3, 0.4) is 0 Å². The number of amides is 1. The van der Waals surface area contributed by atoms with Gasteiger partial charge in [0, 0.05) is 0 Å². The maximum absolute atomic E-state index is 12.6. The molecule has 0 bridgehead atoms. The van der Waals surface area contributed by atoms with Gasteiger partial charge in [-0.05, 0) is 45.0 Å². The number of aliphatic hydroxyl groups is 1. The van der Waals surface area contributed by atoms with Crippen molar-refractivity contribution in [2.75, 3.05) is 20.3 Å². The molecule has 0 fully saturated rings. The number of methoxy groups -OCH3 is 1. The Kier molecular flexibility index (Phi) is 7.29. The molecule has 156 valence electrons. The van der Waals surface area contributed by atoms with E-state index >= 15 is 0 Å². The Hall–Kier alpha value is -1.38. The normalized spacial score (nSPS) is 21.6. The number of rotatable bonds is 4. The molecule has 1 amide bonds. The average molecular weight is 402 g/mol. The van der Waals surface area contributed by atoms with Crippen LogP contribution in [0, 0.1) is 0 Å². The molecule has 0 saturated heterocycles. The molecule has 2 atom stereocenters. The minimum Gasteiger partial charge on any atom is -0.466 e. The van der Waals surface area contributed by atoms with Crippen LogP contribution < -0.4 is 0 Å². The Labute approximate surface area is 163 Å². The summed E-state index contributed by atoms with van der Waals surface area (Å²) in [6.45, 7) is 16.1. The molecule has 0 aromatic carbocycles. The van der Waals surface area contributed by atoms with E-state index < -0.39 is 38.1 Å². The van der Waals surface area contributed by atoms with Crippen molar-refractivity contribution in [1.82, 2.24) is 4.90 Å². The van der Waals surface area contributed by atoms with Crippen LogP contribution in [0.25, 0.3) is 0 Å². The van der Waals surface area contributed by atoms with E-state index in [0.717, 1.165) is 0 Å². The van der Waals surface area contributed by atoms with Gasteiger partial charge < -0.3 is 19.0 Å². The lowest BCUT2D eigenvalue weighted by Crippen LogP contribution is -2.53. The predicted octanol–water partition coefficient (Wildman–Crippen LogP) is 3.09. The molecule has 27 heavy (non-hydrogen) atoms. The molecular formula is C19H35NO6Si. The summed E-state index contributed by atoms with van der Waals surface area (Å²) in [6.07, 6.45) is -0.128. The third-order valence-electron chi connectivity index (χ3n) is 4.97. The molecule has 1 rings (SSSR count). The van der Waals surface area contributed by atoms with Gasteiger partial charge in [0.15, 0.2) is 8.32 Å². The van der Waals surface area contributed by atoms with Gasteiger partial charge in [0.25, 0.3) is 0 Å². The summed E-state index contributed by atoms with van der Waals surface area (Å²) in [7, 11) is -0.800. The van der Waals surface area contributed by atoms with Crippen LogP contribution in [0.15, 0.2) is 11.6 Å². The van der Waals surface area contributed by atoms with Gasteiger partial charge in [0.05, 0.1) is 31.9 Å². The van der Waals surface area contributed by atoms with Crippen molar-refractivity contribution in [2.24, 2.45) is 0 Å². The van der Waals surface area contributed by atoms with Gasteiger partial charge in [-0.2, -0.15) is 0 Å². The van der Waals surface area contributed by atoms with Gasteiger partial charge in [0.2, 0.25) is 0 Å². The molecule has 0 spiro atoms. The number of carbonyl (C=O) groups excluding carboxylic acids is 2. The minimum absolute atomic E-state index is 0.00677. The van der Waals surface area contributed by atoms with E-state index in [0.29, 0.717) is 0 Å². The van der Waals surface area contributed by atoms with Crippen LogP contribution in [-0.2, 0) is 18.7 Å². The van der Waals surface area contributed by atoms with E-state index in [1.165, 1.54) is 12.0 Å². The van der Waals surface area contributed by atoms with E-state index in [2.05, 4.69) is 33.9 Å². The lowest BCUT2D eigenvalue weighted by atomic mass is 10.0. The standard InChI is InChI=1S/C19H35NO6Si/c1-18(2,3)26-17(23)20-11-15(21)14(16(22)24-7)10-13(20)12-25-27(8,9)19(4,5)6/h10,13,15,21H,11-12H2,1-9H3/t13-,15+/m0/s1. The molecule has 0 saturated carbocycles. The molecule has 0 aliphatic carbocycles. The number of nitrogens with zero attached hydrogens (tertiary/aromatic N) is 1. The van der Waals surface area contributed by atoms with Crippen molar-refractivity contribution in [3.05, 3.63) is 11.6 Å².